The number of nitrogens with two attached hydrogens (primary N) is 1. The van der Waals surface area contributed by atoms with E-state index in [0.717, 1.165) is 31.6 Å². The second-order valence-electron chi connectivity index (χ2n) is 4.64. The van der Waals surface area contributed by atoms with Gasteiger partial charge in [0.25, 0.3) is 0 Å². The smallest absolute Gasteiger partial charge is 0.0976 e. The Kier molecular flexibility index (Phi) is 4.54. The summed E-state index contributed by atoms with van der Waals surface area (Å²) in [5.41, 5.74) is 7.19. The number of rotatable bonds is 4. The van der Waals surface area contributed by atoms with Gasteiger partial charge in [-0.15, -0.1) is 0 Å². The third-order valence-corrected chi connectivity index (χ3v) is 3.11. The molecule has 0 amide bonds. The molecule has 1 saturated heterocycles. The minimum absolute atomic E-state index is 0.000227. The molecule has 1 aromatic carbocycles. The molecule has 0 aromatic heterocycles. The number of benzene rings is 1. The maximum Gasteiger partial charge on any atom is 0.0976 e. The lowest BCUT2D eigenvalue weighted by Crippen LogP contribution is -2.33. The molecule has 1 aromatic rings. The molecular weight excluding hydrogens is 214 g/mol. The van der Waals surface area contributed by atoms with Gasteiger partial charge in [0.1, 0.15) is 0 Å². The molecule has 94 valence electrons. The van der Waals surface area contributed by atoms with E-state index in [-0.39, 0.29) is 18.2 Å². The van der Waals surface area contributed by atoms with Crippen molar-refractivity contribution in [1.82, 2.24) is 0 Å². The zero-order valence-corrected chi connectivity index (χ0v) is 10.3. The van der Waals surface area contributed by atoms with Gasteiger partial charge in [-0.25, -0.2) is 0 Å². The van der Waals surface area contributed by atoms with E-state index in [9.17, 15) is 0 Å². The fraction of sp³-hybridized carbons (Fsp3) is 0.571. The van der Waals surface area contributed by atoms with E-state index in [1.54, 1.807) is 0 Å². The standard InChI is InChI=1S/C14H21NO2/c1-11(15)14(12-5-3-2-4-6-12)17-13-7-9-16-10-8-13/h2-6,11,13-14H,7-10,15H2,1H3/t11-,14+/m1/s1. The summed E-state index contributed by atoms with van der Waals surface area (Å²) in [6, 6.07) is 10.2. The highest BCUT2D eigenvalue weighted by molar-refractivity contribution is 5.18. The van der Waals surface area contributed by atoms with Gasteiger partial charge >= 0.3 is 0 Å². The Morgan fingerprint density at radius 3 is 2.47 bits per heavy atom. The van der Waals surface area contributed by atoms with Crippen molar-refractivity contribution in [3.8, 4) is 0 Å². The number of hydrogen-bond acceptors (Lipinski definition) is 3. The summed E-state index contributed by atoms with van der Waals surface area (Å²) in [7, 11) is 0. The zero-order chi connectivity index (χ0) is 12.1. The lowest BCUT2D eigenvalue weighted by molar-refractivity contribution is -0.0758. The summed E-state index contributed by atoms with van der Waals surface area (Å²) in [5, 5.41) is 0. The molecule has 17 heavy (non-hydrogen) atoms. The molecule has 3 nitrogen and oxygen atoms in total. The van der Waals surface area contributed by atoms with E-state index in [4.69, 9.17) is 15.2 Å². The predicted molar refractivity (Wildman–Crippen MR) is 67.8 cm³/mol. The second-order valence-corrected chi connectivity index (χ2v) is 4.64. The molecule has 0 radical (unpaired) electrons. The van der Waals surface area contributed by atoms with E-state index in [1.807, 2.05) is 25.1 Å². The lowest BCUT2D eigenvalue weighted by atomic mass is 10.0. The Labute approximate surface area is 103 Å². The molecule has 2 rings (SSSR count). The Hall–Kier alpha value is -0.900. The van der Waals surface area contributed by atoms with Gasteiger partial charge in [-0.1, -0.05) is 30.3 Å². The van der Waals surface area contributed by atoms with Crippen LogP contribution in [0.15, 0.2) is 30.3 Å². The van der Waals surface area contributed by atoms with Crippen molar-refractivity contribution < 1.29 is 9.47 Å². The van der Waals surface area contributed by atoms with E-state index in [0.29, 0.717) is 0 Å². The van der Waals surface area contributed by atoms with Gasteiger partial charge in [-0.2, -0.15) is 0 Å². The van der Waals surface area contributed by atoms with Gasteiger partial charge in [0.2, 0.25) is 0 Å². The fourth-order valence-electron chi connectivity index (χ4n) is 2.17. The maximum atomic E-state index is 6.13. The molecule has 3 heteroatoms. The molecule has 1 aliphatic heterocycles. The van der Waals surface area contributed by atoms with Crippen LogP contribution < -0.4 is 5.73 Å². The van der Waals surface area contributed by atoms with Crippen LogP contribution in [-0.2, 0) is 9.47 Å². The highest BCUT2D eigenvalue weighted by atomic mass is 16.5. The number of hydrogen-bond donors (Lipinski definition) is 1. The van der Waals surface area contributed by atoms with Crippen molar-refractivity contribution >= 4 is 0 Å². The molecule has 0 saturated carbocycles. The lowest BCUT2D eigenvalue weighted by Gasteiger charge is -2.30. The molecular formula is C14H21NO2. The van der Waals surface area contributed by atoms with Gasteiger partial charge in [0.05, 0.1) is 12.2 Å². The number of ether oxygens (including phenoxy) is 2. The Bertz CT molecular complexity index is 320. The molecule has 2 N–H and O–H groups in total. The quantitative estimate of drug-likeness (QED) is 0.870. The van der Waals surface area contributed by atoms with Crippen molar-refractivity contribution in [1.29, 1.82) is 0 Å². The summed E-state index contributed by atoms with van der Waals surface area (Å²) in [6.07, 6.45) is 2.20. The highest BCUT2D eigenvalue weighted by Gasteiger charge is 2.23. The minimum Gasteiger partial charge on any atom is -0.381 e. The third-order valence-electron chi connectivity index (χ3n) is 3.11. The summed E-state index contributed by atoms with van der Waals surface area (Å²) < 4.78 is 11.5. The molecule has 1 heterocycles. The third kappa shape index (κ3) is 3.53. The average molecular weight is 235 g/mol. The van der Waals surface area contributed by atoms with Crippen LogP contribution >= 0.6 is 0 Å². The summed E-state index contributed by atoms with van der Waals surface area (Å²) in [5.74, 6) is 0. The molecule has 1 aliphatic rings. The highest BCUT2D eigenvalue weighted by Crippen LogP contribution is 2.25. The monoisotopic (exact) mass is 235 g/mol. The van der Waals surface area contributed by atoms with Gasteiger partial charge in [0.15, 0.2) is 0 Å². The molecule has 2 atom stereocenters. The maximum absolute atomic E-state index is 6.13. The SMILES string of the molecule is C[C@@H](N)[C@H](OC1CCOCC1)c1ccccc1. The van der Waals surface area contributed by atoms with E-state index < -0.39 is 0 Å². The van der Waals surface area contributed by atoms with Gasteiger partial charge < -0.3 is 15.2 Å². The first-order valence-electron chi connectivity index (χ1n) is 6.31. The first-order valence-corrected chi connectivity index (χ1v) is 6.31. The van der Waals surface area contributed by atoms with Crippen molar-refractivity contribution in [3.63, 3.8) is 0 Å². The predicted octanol–water partition coefficient (Wildman–Crippen LogP) is 2.27. The van der Waals surface area contributed by atoms with Crippen LogP contribution in [0, 0.1) is 0 Å². The average Bonchev–Trinajstić information content (AvgIpc) is 2.38. The van der Waals surface area contributed by atoms with Crippen LogP contribution in [0.2, 0.25) is 0 Å². The first-order chi connectivity index (χ1) is 8.27. The van der Waals surface area contributed by atoms with Crippen molar-refractivity contribution in [2.45, 2.75) is 38.0 Å². The van der Waals surface area contributed by atoms with Crippen LogP contribution in [0.4, 0.5) is 0 Å². The summed E-state index contributed by atoms with van der Waals surface area (Å²) in [4.78, 5) is 0. The normalized spacial score (nSPS) is 21.1. The van der Waals surface area contributed by atoms with Gasteiger partial charge in [-0.05, 0) is 25.3 Å². The van der Waals surface area contributed by atoms with Crippen molar-refractivity contribution in [2.75, 3.05) is 13.2 Å². The van der Waals surface area contributed by atoms with E-state index in [2.05, 4.69) is 12.1 Å². The van der Waals surface area contributed by atoms with Crippen molar-refractivity contribution in [3.05, 3.63) is 35.9 Å². The largest absolute Gasteiger partial charge is 0.381 e. The van der Waals surface area contributed by atoms with Gasteiger partial charge in [-0.3, -0.25) is 0 Å². The second kappa shape index (κ2) is 6.15. The Morgan fingerprint density at radius 2 is 1.88 bits per heavy atom. The van der Waals surface area contributed by atoms with E-state index >= 15 is 0 Å². The Morgan fingerprint density at radius 1 is 1.24 bits per heavy atom. The fourth-order valence-corrected chi connectivity index (χ4v) is 2.17. The summed E-state index contributed by atoms with van der Waals surface area (Å²) >= 11 is 0. The molecule has 1 fully saturated rings. The van der Waals surface area contributed by atoms with Gasteiger partial charge in [0, 0.05) is 19.3 Å². The molecule has 0 bridgehead atoms. The van der Waals surface area contributed by atoms with Crippen LogP contribution in [0.1, 0.15) is 31.4 Å². The topological polar surface area (TPSA) is 44.5 Å². The van der Waals surface area contributed by atoms with E-state index in [1.165, 1.54) is 0 Å². The Balaban J connectivity index is 2.02. The van der Waals surface area contributed by atoms with Crippen molar-refractivity contribution in [2.24, 2.45) is 5.73 Å². The van der Waals surface area contributed by atoms with Crippen LogP contribution in [0.5, 0.6) is 0 Å². The molecule has 0 aliphatic carbocycles. The van der Waals surface area contributed by atoms with Crippen LogP contribution in [0.3, 0.4) is 0 Å². The zero-order valence-electron chi connectivity index (χ0n) is 10.3. The minimum atomic E-state index is -0.0145. The molecule has 0 unspecified atom stereocenters. The van der Waals surface area contributed by atoms with Crippen LogP contribution in [-0.4, -0.2) is 25.4 Å². The van der Waals surface area contributed by atoms with Crippen LogP contribution in [0.25, 0.3) is 0 Å². The molecule has 0 spiro atoms. The first kappa shape index (κ1) is 12.6. The summed E-state index contributed by atoms with van der Waals surface area (Å²) in [6.45, 7) is 3.59.